The average molecular weight is 266 g/mol. The van der Waals surface area contributed by atoms with Crippen molar-refractivity contribution in [1.29, 1.82) is 5.41 Å². The highest BCUT2D eigenvalue weighted by Crippen LogP contribution is 2.22. The van der Waals surface area contributed by atoms with E-state index >= 15 is 0 Å². The minimum Gasteiger partial charge on any atom is -0.331 e. The van der Waals surface area contributed by atoms with Crippen molar-refractivity contribution in [3.8, 4) is 0 Å². The molecule has 0 aromatic rings. The number of hydrogen-bond donors (Lipinski definition) is 1. The fourth-order valence-corrected chi connectivity index (χ4v) is 2.90. The molecule has 1 atom stereocenters. The van der Waals surface area contributed by atoms with Crippen LogP contribution < -0.4 is 0 Å². The molecule has 1 rings (SSSR count). The quantitative estimate of drug-likeness (QED) is 0.850. The minimum atomic E-state index is -0.00105. The summed E-state index contributed by atoms with van der Waals surface area (Å²) in [5, 5.41) is 7.91. The number of carbonyl (C=O) groups excluding carboxylic acids is 1. The molecule has 100 valence electrons. The molecule has 4 heteroatoms. The number of hydrogen-bond acceptors (Lipinski definition) is 3. The number of carbonyl (C=O) groups is 1. The lowest BCUT2D eigenvalue weighted by atomic mass is 10.1. The van der Waals surface area contributed by atoms with Crippen LogP contribution in [0.2, 0.25) is 0 Å². The molecule has 0 saturated carbocycles. The van der Waals surface area contributed by atoms with Gasteiger partial charge in [-0.1, -0.05) is 32.1 Å². The SMILES string of the molecule is C/C=C/C=C1/CN(C(=O)C(SC)C(C)C)CC1=N. The number of nitrogens with one attached hydrogen (secondary N) is 1. The lowest BCUT2D eigenvalue weighted by Crippen LogP contribution is -2.38. The molecule has 18 heavy (non-hydrogen) atoms. The third kappa shape index (κ3) is 3.48. The van der Waals surface area contributed by atoms with Gasteiger partial charge in [0, 0.05) is 6.54 Å². The maximum Gasteiger partial charge on any atom is 0.236 e. The zero-order chi connectivity index (χ0) is 13.7. The van der Waals surface area contributed by atoms with Gasteiger partial charge in [-0.15, -0.1) is 0 Å². The highest BCUT2D eigenvalue weighted by molar-refractivity contribution is 7.99. The van der Waals surface area contributed by atoms with E-state index in [2.05, 4.69) is 13.8 Å². The highest BCUT2D eigenvalue weighted by Gasteiger charge is 2.31. The third-order valence-corrected chi connectivity index (χ3v) is 4.26. The second-order valence-electron chi connectivity index (χ2n) is 4.79. The van der Waals surface area contributed by atoms with Gasteiger partial charge in [0.25, 0.3) is 0 Å². The molecule has 1 saturated heterocycles. The monoisotopic (exact) mass is 266 g/mol. The molecule has 1 unspecified atom stereocenters. The van der Waals surface area contributed by atoms with Gasteiger partial charge in [0.15, 0.2) is 0 Å². The summed E-state index contributed by atoms with van der Waals surface area (Å²) >= 11 is 1.60. The zero-order valence-corrected chi connectivity index (χ0v) is 12.4. The van der Waals surface area contributed by atoms with Crippen LogP contribution in [0.4, 0.5) is 0 Å². The van der Waals surface area contributed by atoms with E-state index in [1.165, 1.54) is 0 Å². The molecule has 0 aromatic heterocycles. The minimum absolute atomic E-state index is 0.00105. The summed E-state index contributed by atoms with van der Waals surface area (Å²) < 4.78 is 0. The van der Waals surface area contributed by atoms with Crippen molar-refractivity contribution < 1.29 is 4.79 Å². The first-order valence-electron chi connectivity index (χ1n) is 6.22. The molecule has 3 nitrogen and oxygen atoms in total. The normalized spacial score (nSPS) is 20.4. The number of allylic oxidation sites excluding steroid dienone is 3. The van der Waals surface area contributed by atoms with Gasteiger partial charge in [0.05, 0.1) is 17.5 Å². The molecule has 0 spiro atoms. The number of amides is 1. The maximum absolute atomic E-state index is 12.3. The third-order valence-electron chi connectivity index (χ3n) is 3.00. The summed E-state index contributed by atoms with van der Waals surface area (Å²) in [5.74, 6) is 0.483. The van der Waals surface area contributed by atoms with Crippen molar-refractivity contribution in [1.82, 2.24) is 4.90 Å². The van der Waals surface area contributed by atoms with Crippen LogP contribution in [0, 0.1) is 11.3 Å². The van der Waals surface area contributed by atoms with E-state index in [0.717, 1.165) is 5.57 Å². The van der Waals surface area contributed by atoms with Gasteiger partial charge >= 0.3 is 0 Å². The van der Waals surface area contributed by atoms with E-state index < -0.39 is 0 Å². The Bertz CT molecular complexity index is 385. The van der Waals surface area contributed by atoms with Gasteiger partial charge in [-0.05, 0) is 24.7 Å². The number of likely N-dealkylation sites (tertiary alicyclic amines) is 1. The Morgan fingerprint density at radius 3 is 2.61 bits per heavy atom. The Hall–Kier alpha value is -1.03. The first-order chi connectivity index (χ1) is 8.51. The smallest absolute Gasteiger partial charge is 0.236 e. The van der Waals surface area contributed by atoms with Crippen molar-refractivity contribution in [2.45, 2.75) is 26.0 Å². The Labute approximate surface area is 114 Å². The van der Waals surface area contributed by atoms with Crippen LogP contribution in [0.25, 0.3) is 0 Å². The van der Waals surface area contributed by atoms with Crippen LogP contribution >= 0.6 is 11.8 Å². The van der Waals surface area contributed by atoms with E-state index in [9.17, 15) is 4.79 Å². The molecule has 0 radical (unpaired) electrons. The standard InChI is InChI=1S/C14H22N2OS/c1-5-6-7-11-8-16(9-12(11)15)14(17)13(18-4)10(2)3/h5-7,10,13,15H,8-9H2,1-4H3/b6-5+,11-7-,15-12?. The summed E-state index contributed by atoms with van der Waals surface area (Å²) in [6.45, 7) is 7.10. The fraction of sp³-hybridized carbons (Fsp3) is 0.571. The van der Waals surface area contributed by atoms with Crippen molar-refractivity contribution in [3.63, 3.8) is 0 Å². The Morgan fingerprint density at radius 2 is 2.11 bits per heavy atom. The second kappa shape index (κ2) is 6.78. The number of rotatable bonds is 4. The van der Waals surface area contributed by atoms with Gasteiger partial charge in [-0.3, -0.25) is 4.79 Å². The highest BCUT2D eigenvalue weighted by atomic mass is 32.2. The summed E-state index contributed by atoms with van der Waals surface area (Å²) in [7, 11) is 0. The van der Waals surface area contributed by atoms with E-state index in [-0.39, 0.29) is 11.2 Å². The first kappa shape index (κ1) is 15.0. The lowest BCUT2D eigenvalue weighted by Gasteiger charge is -2.23. The molecular weight excluding hydrogens is 244 g/mol. The van der Waals surface area contributed by atoms with E-state index in [1.54, 1.807) is 16.7 Å². The van der Waals surface area contributed by atoms with Crippen LogP contribution in [-0.4, -0.2) is 41.1 Å². The summed E-state index contributed by atoms with van der Waals surface area (Å²) in [4.78, 5) is 14.1. The Kier molecular flexibility index (Phi) is 5.66. The van der Waals surface area contributed by atoms with Gasteiger partial charge < -0.3 is 10.3 Å². The summed E-state index contributed by atoms with van der Waals surface area (Å²) in [5.41, 5.74) is 1.51. The fourth-order valence-electron chi connectivity index (χ4n) is 2.01. The van der Waals surface area contributed by atoms with E-state index in [0.29, 0.717) is 24.7 Å². The zero-order valence-electron chi connectivity index (χ0n) is 11.6. The molecule has 1 heterocycles. The van der Waals surface area contributed by atoms with Crippen LogP contribution in [-0.2, 0) is 4.79 Å². The van der Waals surface area contributed by atoms with Gasteiger partial charge in [-0.2, -0.15) is 11.8 Å². The van der Waals surface area contributed by atoms with Gasteiger partial charge in [0.2, 0.25) is 5.91 Å². The number of nitrogens with zero attached hydrogens (tertiary/aromatic N) is 1. The summed E-state index contributed by atoms with van der Waals surface area (Å²) in [6, 6.07) is 0. The van der Waals surface area contributed by atoms with Gasteiger partial charge in [-0.25, -0.2) is 0 Å². The van der Waals surface area contributed by atoms with Crippen LogP contribution in [0.3, 0.4) is 0 Å². The predicted octanol–water partition coefficient (Wildman–Crippen LogP) is 2.74. The Balaban J connectivity index is 2.76. The predicted molar refractivity (Wildman–Crippen MR) is 79.3 cm³/mol. The van der Waals surface area contributed by atoms with Crippen LogP contribution in [0.1, 0.15) is 20.8 Å². The maximum atomic E-state index is 12.3. The van der Waals surface area contributed by atoms with Crippen molar-refractivity contribution in [3.05, 3.63) is 23.8 Å². The lowest BCUT2D eigenvalue weighted by molar-refractivity contribution is -0.129. The van der Waals surface area contributed by atoms with Crippen molar-refractivity contribution in [2.75, 3.05) is 19.3 Å². The Morgan fingerprint density at radius 1 is 1.44 bits per heavy atom. The van der Waals surface area contributed by atoms with Crippen LogP contribution in [0.15, 0.2) is 23.8 Å². The second-order valence-corrected chi connectivity index (χ2v) is 5.77. The number of thioether (sulfide) groups is 1. The molecule has 0 bridgehead atoms. The molecule has 1 N–H and O–H groups in total. The van der Waals surface area contributed by atoms with E-state index in [1.807, 2.05) is 31.4 Å². The molecule has 1 aliphatic heterocycles. The molecular formula is C14H22N2OS. The van der Waals surface area contributed by atoms with Crippen molar-refractivity contribution >= 4 is 23.4 Å². The first-order valence-corrected chi connectivity index (χ1v) is 7.51. The summed E-state index contributed by atoms with van der Waals surface area (Å²) in [6.07, 6.45) is 7.76. The van der Waals surface area contributed by atoms with Crippen LogP contribution in [0.5, 0.6) is 0 Å². The average Bonchev–Trinajstić information content (AvgIpc) is 2.68. The molecule has 1 aliphatic rings. The largest absolute Gasteiger partial charge is 0.331 e. The molecule has 0 aromatic carbocycles. The molecule has 1 amide bonds. The topological polar surface area (TPSA) is 44.2 Å². The van der Waals surface area contributed by atoms with Gasteiger partial charge in [0.1, 0.15) is 0 Å². The molecule has 0 aliphatic carbocycles. The van der Waals surface area contributed by atoms with E-state index in [4.69, 9.17) is 5.41 Å². The van der Waals surface area contributed by atoms with Crippen molar-refractivity contribution in [2.24, 2.45) is 5.92 Å². The molecule has 1 fully saturated rings.